The molecule has 174 valence electrons. The van der Waals surface area contributed by atoms with Crippen molar-refractivity contribution >= 4 is 34.9 Å². The van der Waals surface area contributed by atoms with E-state index in [0.717, 1.165) is 16.7 Å². The monoisotopic (exact) mass is 465 g/mol. The van der Waals surface area contributed by atoms with E-state index in [4.69, 9.17) is 0 Å². The summed E-state index contributed by atoms with van der Waals surface area (Å²) in [6, 6.07) is 26.6. The van der Waals surface area contributed by atoms with Gasteiger partial charge in [0.05, 0.1) is 0 Å². The van der Waals surface area contributed by atoms with E-state index < -0.39 is 11.8 Å². The van der Waals surface area contributed by atoms with Crippen molar-refractivity contribution < 1.29 is 14.4 Å². The van der Waals surface area contributed by atoms with Gasteiger partial charge < -0.3 is 21.3 Å². The Bertz CT molecular complexity index is 1310. The lowest BCUT2D eigenvalue weighted by atomic mass is 10.0. The van der Waals surface area contributed by atoms with E-state index in [9.17, 15) is 14.4 Å². The lowest BCUT2D eigenvalue weighted by Gasteiger charge is -2.12. The van der Waals surface area contributed by atoms with Crippen molar-refractivity contribution in [3.63, 3.8) is 0 Å². The van der Waals surface area contributed by atoms with Crippen molar-refractivity contribution in [1.82, 2.24) is 10.3 Å². The molecule has 0 fully saturated rings. The van der Waals surface area contributed by atoms with Gasteiger partial charge in [0.25, 0.3) is 0 Å². The summed E-state index contributed by atoms with van der Waals surface area (Å²) in [5.74, 6) is -1.59. The van der Waals surface area contributed by atoms with E-state index in [1.165, 1.54) is 0 Å². The summed E-state index contributed by atoms with van der Waals surface area (Å²) >= 11 is 0. The zero-order valence-electron chi connectivity index (χ0n) is 18.7. The number of para-hydroxylation sites is 1. The maximum absolute atomic E-state index is 12.5. The number of aromatic nitrogens is 1. The normalized spacial score (nSPS) is 10.2. The first-order valence-corrected chi connectivity index (χ1v) is 10.9. The van der Waals surface area contributed by atoms with Crippen LogP contribution in [0.3, 0.4) is 0 Å². The summed E-state index contributed by atoms with van der Waals surface area (Å²) in [5.41, 5.74) is 4.11. The van der Waals surface area contributed by atoms with E-state index in [1.807, 2.05) is 48.5 Å². The van der Waals surface area contributed by atoms with Crippen LogP contribution in [0.4, 0.5) is 21.9 Å². The average molecular weight is 466 g/mol. The van der Waals surface area contributed by atoms with E-state index in [0.29, 0.717) is 23.6 Å². The van der Waals surface area contributed by atoms with Crippen molar-refractivity contribution in [2.75, 3.05) is 16.0 Å². The zero-order chi connectivity index (χ0) is 24.5. The molecular formula is C27H23N5O3. The van der Waals surface area contributed by atoms with Gasteiger partial charge in [-0.1, -0.05) is 54.6 Å². The molecule has 1 aromatic heterocycles. The van der Waals surface area contributed by atoms with Crippen LogP contribution in [0.25, 0.3) is 11.1 Å². The molecular weight excluding hydrogens is 442 g/mol. The highest BCUT2D eigenvalue weighted by molar-refractivity contribution is 6.44. The fraction of sp³-hybridized carbons (Fsp3) is 0.0370. The van der Waals surface area contributed by atoms with Crippen LogP contribution in [0.2, 0.25) is 0 Å². The summed E-state index contributed by atoms with van der Waals surface area (Å²) in [4.78, 5) is 41.0. The summed E-state index contributed by atoms with van der Waals surface area (Å²) in [7, 11) is 0. The second-order valence-electron chi connectivity index (χ2n) is 7.57. The van der Waals surface area contributed by atoms with Gasteiger partial charge in [-0.25, -0.2) is 4.79 Å². The number of pyridine rings is 1. The minimum atomic E-state index is -0.803. The summed E-state index contributed by atoms with van der Waals surface area (Å²) in [6.07, 6.45) is 3.34. The number of amides is 4. The van der Waals surface area contributed by atoms with Gasteiger partial charge >= 0.3 is 17.8 Å². The molecule has 3 aromatic carbocycles. The van der Waals surface area contributed by atoms with Gasteiger partial charge in [-0.05, 0) is 47.5 Å². The third kappa shape index (κ3) is 6.52. The van der Waals surface area contributed by atoms with E-state index in [-0.39, 0.29) is 6.03 Å². The summed E-state index contributed by atoms with van der Waals surface area (Å²) in [6.45, 7) is 0.344. The smallest absolute Gasteiger partial charge is 0.319 e. The molecule has 8 heteroatoms. The minimum Gasteiger partial charge on any atom is -0.334 e. The fourth-order valence-electron chi connectivity index (χ4n) is 3.33. The SMILES string of the molecule is O=C(NCc1cccnc1)Nc1ccc(NC(=O)C(=O)Nc2ccccc2-c2ccccc2)cc1. The first kappa shape index (κ1) is 23.2. The highest BCUT2D eigenvalue weighted by Gasteiger charge is 2.16. The van der Waals surface area contributed by atoms with Gasteiger partial charge in [0.15, 0.2) is 0 Å². The van der Waals surface area contributed by atoms with Crippen LogP contribution in [-0.2, 0) is 16.1 Å². The fourth-order valence-corrected chi connectivity index (χ4v) is 3.33. The molecule has 4 aromatic rings. The van der Waals surface area contributed by atoms with Crippen LogP contribution in [0.15, 0.2) is 103 Å². The largest absolute Gasteiger partial charge is 0.334 e. The maximum atomic E-state index is 12.5. The van der Waals surface area contributed by atoms with Crippen LogP contribution >= 0.6 is 0 Å². The van der Waals surface area contributed by atoms with Crippen LogP contribution < -0.4 is 21.3 Å². The number of hydrogen-bond donors (Lipinski definition) is 4. The number of nitrogens with one attached hydrogen (secondary N) is 4. The van der Waals surface area contributed by atoms with Gasteiger partial charge in [0, 0.05) is 41.6 Å². The molecule has 0 saturated carbocycles. The number of urea groups is 1. The van der Waals surface area contributed by atoms with Crippen LogP contribution in [0.5, 0.6) is 0 Å². The molecule has 35 heavy (non-hydrogen) atoms. The molecule has 1 heterocycles. The van der Waals surface area contributed by atoms with Crippen molar-refractivity contribution in [3.05, 3.63) is 109 Å². The Hall–Kier alpha value is -4.98. The number of carbonyl (C=O) groups is 3. The standard InChI is InChI=1S/C27H23N5O3/c33-25(26(34)32-24-11-5-4-10-23(24)20-8-2-1-3-9-20)30-21-12-14-22(15-13-21)31-27(35)29-18-19-7-6-16-28-17-19/h1-17H,18H2,(H,30,33)(H,32,34)(H2,29,31,35). The molecule has 0 radical (unpaired) electrons. The highest BCUT2D eigenvalue weighted by atomic mass is 16.2. The van der Waals surface area contributed by atoms with Gasteiger partial charge in [0.1, 0.15) is 0 Å². The highest BCUT2D eigenvalue weighted by Crippen LogP contribution is 2.27. The first-order valence-electron chi connectivity index (χ1n) is 10.9. The van der Waals surface area contributed by atoms with Gasteiger partial charge in [-0.15, -0.1) is 0 Å². The van der Waals surface area contributed by atoms with Crippen molar-refractivity contribution in [2.45, 2.75) is 6.54 Å². The Morgan fingerprint density at radius 2 is 1.31 bits per heavy atom. The number of benzene rings is 3. The molecule has 0 unspecified atom stereocenters. The van der Waals surface area contributed by atoms with Crippen LogP contribution in [0.1, 0.15) is 5.56 Å². The van der Waals surface area contributed by atoms with Gasteiger partial charge in [0.2, 0.25) is 0 Å². The topological polar surface area (TPSA) is 112 Å². The van der Waals surface area contributed by atoms with Crippen LogP contribution in [-0.4, -0.2) is 22.8 Å². The minimum absolute atomic E-state index is 0.344. The molecule has 0 bridgehead atoms. The Morgan fingerprint density at radius 3 is 2.03 bits per heavy atom. The predicted octanol–water partition coefficient (Wildman–Crippen LogP) is 4.65. The summed E-state index contributed by atoms with van der Waals surface area (Å²) in [5, 5.41) is 10.7. The molecule has 0 spiro atoms. The zero-order valence-corrected chi connectivity index (χ0v) is 18.7. The van der Waals surface area contributed by atoms with Crippen molar-refractivity contribution in [3.8, 4) is 11.1 Å². The molecule has 0 atom stereocenters. The number of nitrogens with zero attached hydrogens (tertiary/aromatic N) is 1. The summed E-state index contributed by atoms with van der Waals surface area (Å²) < 4.78 is 0. The molecule has 4 amide bonds. The number of rotatable bonds is 6. The molecule has 0 aliphatic heterocycles. The van der Waals surface area contributed by atoms with Gasteiger partial charge in [-0.2, -0.15) is 0 Å². The number of anilines is 3. The second kappa shape index (κ2) is 11.2. The third-order valence-electron chi connectivity index (χ3n) is 5.04. The van der Waals surface area contributed by atoms with E-state index >= 15 is 0 Å². The molecule has 8 nitrogen and oxygen atoms in total. The molecule has 0 aliphatic carbocycles. The lowest BCUT2D eigenvalue weighted by Crippen LogP contribution is -2.29. The number of carbonyl (C=O) groups excluding carboxylic acids is 3. The average Bonchev–Trinajstić information content (AvgIpc) is 2.90. The van der Waals surface area contributed by atoms with Crippen molar-refractivity contribution in [1.29, 1.82) is 0 Å². The lowest BCUT2D eigenvalue weighted by molar-refractivity contribution is -0.132. The molecule has 0 saturated heterocycles. The Morgan fingerprint density at radius 1 is 0.657 bits per heavy atom. The Labute approximate surface area is 202 Å². The number of hydrogen-bond acceptors (Lipinski definition) is 4. The molecule has 4 rings (SSSR count). The van der Waals surface area contributed by atoms with Crippen LogP contribution in [0, 0.1) is 0 Å². The first-order chi connectivity index (χ1) is 17.1. The predicted molar refractivity (Wildman–Crippen MR) is 136 cm³/mol. The Balaban J connectivity index is 1.31. The van der Waals surface area contributed by atoms with E-state index in [1.54, 1.807) is 54.9 Å². The Kier molecular flexibility index (Phi) is 7.45. The molecule has 4 N–H and O–H groups in total. The maximum Gasteiger partial charge on any atom is 0.319 e. The third-order valence-corrected chi connectivity index (χ3v) is 5.04. The second-order valence-corrected chi connectivity index (χ2v) is 7.57. The van der Waals surface area contributed by atoms with Gasteiger partial charge in [-0.3, -0.25) is 14.6 Å². The van der Waals surface area contributed by atoms with Crippen molar-refractivity contribution in [2.24, 2.45) is 0 Å². The quantitative estimate of drug-likeness (QED) is 0.311. The van der Waals surface area contributed by atoms with E-state index in [2.05, 4.69) is 26.3 Å². The molecule has 0 aliphatic rings.